The van der Waals surface area contributed by atoms with Crippen molar-refractivity contribution in [3.8, 4) is 5.75 Å². The molecule has 0 fully saturated rings. The smallest absolute Gasteiger partial charge is 0.191 e. The maximum absolute atomic E-state index is 13.3. The Kier molecular flexibility index (Phi) is 12.3. The topological polar surface area (TPSA) is 48.9 Å². The van der Waals surface area contributed by atoms with Gasteiger partial charge in [0.05, 0.1) is 6.54 Å². The Hall–Kier alpha value is -1.87. The van der Waals surface area contributed by atoms with Crippen molar-refractivity contribution in [2.45, 2.75) is 19.9 Å². The van der Waals surface area contributed by atoms with E-state index in [0.29, 0.717) is 19.7 Å². The van der Waals surface area contributed by atoms with Gasteiger partial charge in [-0.05, 0) is 51.2 Å². The first-order valence-electron chi connectivity index (χ1n) is 9.70. The number of guanidine groups is 1. The lowest BCUT2D eigenvalue weighted by Gasteiger charge is -2.14. The molecule has 0 heterocycles. The predicted octanol–water partition coefficient (Wildman–Crippen LogP) is 3.68. The number of ether oxygens (including phenoxy) is 1. The number of benzene rings is 2. The van der Waals surface area contributed by atoms with E-state index in [2.05, 4.69) is 20.5 Å². The lowest BCUT2D eigenvalue weighted by atomic mass is 10.1. The monoisotopic (exact) mass is 514 g/mol. The van der Waals surface area contributed by atoms with Crippen LogP contribution in [0.15, 0.2) is 53.5 Å². The molecule has 0 unspecified atom stereocenters. The molecule has 160 valence electrons. The summed E-state index contributed by atoms with van der Waals surface area (Å²) >= 11 is 0. The van der Waals surface area contributed by atoms with Crippen molar-refractivity contribution in [1.82, 2.24) is 15.5 Å². The summed E-state index contributed by atoms with van der Waals surface area (Å²) in [5.74, 6) is 1.40. The van der Waals surface area contributed by atoms with Crippen LogP contribution in [0, 0.1) is 5.82 Å². The Labute approximate surface area is 190 Å². The fraction of sp³-hybridized carbons (Fsp3) is 0.409. The molecule has 5 nitrogen and oxygen atoms in total. The van der Waals surface area contributed by atoms with E-state index >= 15 is 0 Å². The van der Waals surface area contributed by atoms with Crippen LogP contribution in [0.5, 0.6) is 5.75 Å². The number of para-hydroxylation sites is 1. The van der Waals surface area contributed by atoms with E-state index in [4.69, 9.17) is 4.74 Å². The lowest BCUT2D eigenvalue weighted by Crippen LogP contribution is -2.38. The average molecular weight is 514 g/mol. The molecule has 0 saturated heterocycles. The van der Waals surface area contributed by atoms with E-state index in [9.17, 15) is 4.39 Å². The Morgan fingerprint density at radius 1 is 1.10 bits per heavy atom. The van der Waals surface area contributed by atoms with Gasteiger partial charge in [-0.25, -0.2) is 9.38 Å². The van der Waals surface area contributed by atoms with E-state index in [0.717, 1.165) is 42.3 Å². The molecule has 7 heteroatoms. The van der Waals surface area contributed by atoms with Crippen molar-refractivity contribution in [2.75, 3.05) is 40.3 Å². The van der Waals surface area contributed by atoms with Crippen molar-refractivity contribution in [2.24, 2.45) is 4.99 Å². The van der Waals surface area contributed by atoms with Crippen molar-refractivity contribution in [3.63, 3.8) is 0 Å². The third kappa shape index (κ3) is 9.94. The zero-order chi connectivity index (χ0) is 20.2. The van der Waals surface area contributed by atoms with Crippen LogP contribution in [0.2, 0.25) is 0 Å². The molecule has 29 heavy (non-hydrogen) atoms. The minimum Gasteiger partial charge on any atom is -0.492 e. The highest BCUT2D eigenvalue weighted by atomic mass is 127. The summed E-state index contributed by atoms with van der Waals surface area (Å²) in [6, 6.07) is 14.7. The van der Waals surface area contributed by atoms with Gasteiger partial charge in [0.25, 0.3) is 0 Å². The van der Waals surface area contributed by atoms with E-state index < -0.39 is 0 Å². The molecule has 0 aromatic heterocycles. The summed E-state index contributed by atoms with van der Waals surface area (Å²) in [4.78, 5) is 6.76. The Morgan fingerprint density at radius 3 is 2.62 bits per heavy atom. The number of halogens is 2. The van der Waals surface area contributed by atoms with Gasteiger partial charge in [0.2, 0.25) is 0 Å². The number of hydrogen-bond donors (Lipinski definition) is 2. The number of nitrogens with zero attached hydrogens (tertiary/aromatic N) is 2. The molecule has 0 spiro atoms. The largest absolute Gasteiger partial charge is 0.492 e. The number of aliphatic imine (C=N–C) groups is 1. The number of nitrogens with one attached hydrogen (secondary N) is 2. The van der Waals surface area contributed by atoms with Gasteiger partial charge in [-0.2, -0.15) is 0 Å². The maximum Gasteiger partial charge on any atom is 0.191 e. The molecular formula is C22H32FIN4O. The van der Waals surface area contributed by atoms with E-state index in [1.54, 1.807) is 12.1 Å². The second-order valence-corrected chi connectivity index (χ2v) is 6.76. The molecule has 0 aliphatic heterocycles. The lowest BCUT2D eigenvalue weighted by molar-refractivity contribution is 0.259. The summed E-state index contributed by atoms with van der Waals surface area (Å²) in [5, 5.41) is 6.55. The molecule has 0 aliphatic carbocycles. The van der Waals surface area contributed by atoms with Crippen molar-refractivity contribution in [3.05, 3.63) is 65.5 Å². The molecule has 0 aliphatic rings. The van der Waals surface area contributed by atoms with Gasteiger partial charge in [-0.1, -0.05) is 30.3 Å². The number of likely N-dealkylation sites (N-methyl/N-ethyl adjacent to an activating group) is 1. The fourth-order valence-electron chi connectivity index (χ4n) is 2.64. The van der Waals surface area contributed by atoms with Crippen LogP contribution in [-0.2, 0) is 13.0 Å². The summed E-state index contributed by atoms with van der Waals surface area (Å²) in [5.41, 5.74) is 2.01. The average Bonchev–Trinajstić information content (AvgIpc) is 2.67. The maximum atomic E-state index is 13.3. The van der Waals surface area contributed by atoms with Gasteiger partial charge < -0.3 is 20.3 Å². The van der Waals surface area contributed by atoms with Gasteiger partial charge in [-0.3, -0.25) is 0 Å². The molecule has 0 radical (unpaired) electrons. The molecule has 2 N–H and O–H groups in total. The Balaban J connectivity index is 0.00000420. The standard InChI is InChI=1S/C22H31FN4O.HI/c1-4-24-22(25-13-12-18-8-7-10-20(23)16-18)26-17-19-9-5-6-11-21(19)28-15-14-27(2)3;/h5-11,16H,4,12-15,17H2,1-3H3,(H2,24,25,26);1H. The SMILES string of the molecule is CCNC(=NCc1ccccc1OCCN(C)C)NCCc1cccc(F)c1.I. The highest BCUT2D eigenvalue weighted by molar-refractivity contribution is 14.0. The van der Waals surface area contributed by atoms with Gasteiger partial charge in [0.15, 0.2) is 5.96 Å². The normalized spacial score (nSPS) is 11.1. The number of hydrogen-bond acceptors (Lipinski definition) is 3. The van der Waals surface area contributed by atoms with Crippen molar-refractivity contribution >= 4 is 29.9 Å². The predicted molar refractivity (Wildman–Crippen MR) is 129 cm³/mol. The van der Waals surface area contributed by atoms with Gasteiger partial charge >= 0.3 is 0 Å². The van der Waals surface area contributed by atoms with Gasteiger partial charge in [-0.15, -0.1) is 24.0 Å². The second-order valence-electron chi connectivity index (χ2n) is 6.76. The summed E-state index contributed by atoms with van der Waals surface area (Å²) in [7, 11) is 4.05. The summed E-state index contributed by atoms with van der Waals surface area (Å²) in [6.07, 6.45) is 0.729. The van der Waals surface area contributed by atoms with Crippen LogP contribution in [0.3, 0.4) is 0 Å². The summed E-state index contributed by atoms with van der Waals surface area (Å²) < 4.78 is 19.2. The fourth-order valence-corrected chi connectivity index (χ4v) is 2.64. The molecular weight excluding hydrogens is 482 g/mol. The van der Waals surface area contributed by atoms with E-state index in [-0.39, 0.29) is 29.8 Å². The minimum atomic E-state index is -0.205. The van der Waals surface area contributed by atoms with Crippen LogP contribution >= 0.6 is 24.0 Å². The zero-order valence-electron chi connectivity index (χ0n) is 17.5. The second kappa shape index (κ2) is 14.2. The van der Waals surface area contributed by atoms with Crippen LogP contribution in [0.25, 0.3) is 0 Å². The first kappa shape index (κ1) is 25.2. The first-order chi connectivity index (χ1) is 13.6. The third-order valence-corrected chi connectivity index (χ3v) is 4.12. The zero-order valence-corrected chi connectivity index (χ0v) is 19.8. The van der Waals surface area contributed by atoms with Gasteiger partial charge in [0, 0.05) is 25.2 Å². The Bertz CT molecular complexity index is 755. The molecule has 2 rings (SSSR count). The molecule has 0 saturated carbocycles. The first-order valence-corrected chi connectivity index (χ1v) is 9.70. The summed E-state index contributed by atoms with van der Waals surface area (Å²) in [6.45, 7) is 5.50. The van der Waals surface area contributed by atoms with Crippen LogP contribution in [-0.4, -0.2) is 51.2 Å². The Morgan fingerprint density at radius 2 is 1.90 bits per heavy atom. The molecule has 0 bridgehead atoms. The minimum absolute atomic E-state index is 0. The van der Waals surface area contributed by atoms with Crippen molar-refractivity contribution < 1.29 is 9.13 Å². The molecule has 2 aromatic rings. The number of rotatable bonds is 10. The van der Waals surface area contributed by atoms with Crippen LogP contribution in [0.1, 0.15) is 18.1 Å². The van der Waals surface area contributed by atoms with Crippen LogP contribution in [0.4, 0.5) is 4.39 Å². The molecule has 0 amide bonds. The highest BCUT2D eigenvalue weighted by Crippen LogP contribution is 2.18. The molecule has 2 aromatic carbocycles. The third-order valence-electron chi connectivity index (χ3n) is 4.12. The van der Waals surface area contributed by atoms with Gasteiger partial charge in [0.1, 0.15) is 18.2 Å². The van der Waals surface area contributed by atoms with E-state index in [1.165, 1.54) is 6.07 Å². The van der Waals surface area contributed by atoms with Crippen LogP contribution < -0.4 is 15.4 Å². The highest BCUT2D eigenvalue weighted by Gasteiger charge is 2.04. The quantitative estimate of drug-likeness (QED) is 0.289. The van der Waals surface area contributed by atoms with Crippen molar-refractivity contribution in [1.29, 1.82) is 0 Å². The molecule has 0 atom stereocenters. The van der Waals surface area contributed by atoms with E-state index in [1.807, 2.05) is 51.4 Å².